The Morgan fingerprint density at radius 2 is 1.90 bits per heavy atom. The molecule has 1 aliphatic heterocycles. The number of hydrogen-bond acceptors (Lipinski definition) is 6. The van der Waals surface area contributed by atoms with Crippen molar-refractivity contribution in [3.05, 3.63) is 34.3 Å². The lowest BCUT2D eigenvalue weighted by Crippen LogP contribution is -2.31. The summed E-state index contributed by atoms with van der Waals surface area (Å²) >= 11 is 1.55. The molecule has 164 valence electrons. The maximum Gasteiger partial charge on any atom is 0.243 e. The van der Waals surface area contributed by atoms with Crippen molar-refractivity contribution >= 4 is 38.6 Å². The Hall–Kier alpha value is -1.97. The summed E-state index contributed by atoms with van der Waals surface area (Å²) in [5.74, 6) is -0.194. The smallest absolute Gasteiger partial charge is 0.243 e. The second kappa shape index (κ2) is 9.89. The van der Waals surface area contributed by atoms with Gasteiger partial charge < -0.3 is 10.2 Å². The minimum atomic E-state index is -3.61. The van der Waals surface area contributed by atoms with E-state index in [1.54, 1.807) is 23.5 Å². The molecule has 0 radical (unpaired) electrons. The monoisotopic (exact) mass is 450 g/mol. The maximum atomic E-state index is 13.0. The highest BCUT2D eigenvalue weighted by atomic mass is 32.2. The first-order valence-electron chi connectivity index (χ1n) is 10.5. The first-order valence-corrected chi connectivity index (χ1v) is 12.8. The molecule has 1 amide bonds. The number of nitrogens with zero attached hydrogens (tertiary/aromatic N) is 3. The van der Waals surface area contributed by atoms with E-state index in [9.17, 15) is 13.2 Å². The van der Waals surface area contributed by atoms with Crippen molar-refractivity contribution in [1.82, 2.24) is 9.29 Å². The van der Waals surface area contributed by atoms with Crippen LogP contribution in [0.25, 0.3) is 0 Å². The first-order chi connectivity index (χ1) is 14.4. The van der Waals surface area contributed by atoms with Gasteiger partial charge in [-0.25, -0.2) is 13.4 Å². The standard InChI is InChI=1S/C21H30N4O3S2/c1-4-21-22-16(15-29-21)13-20(26)23-18-14-17(30(27,28)25(5-2)6-3)9-10-19(18)24-11-7-8-12-24/h9-10,14-15H,4-8,11-13H2,1-3H3,(H,23,26). The fourth-order valence-electron chi connectivity index (χ4n) is 3.67. The van der Waals surface area contributed by atoms with Crippen LogP contribution in [0.1, 0.15) is 44.3 Å². The average Bonchev–Trinajstić information content (AvgIpc) is 3.40. The number of aromatic nitrogens is 1. The Morgan fingerprint density at radius 3 is 2.50 bits per heavy atom. The second-order valence-corrected chi connectivity index (χ2v) is 10.2. The minimum Gasteiger partial charge on any atom is -0.370 e. The lowest BCUT2D eigenvalue weighted by molar-refractivity contribution is -0.115. The number of rotatable bonds is 9. The van der Waals surface area contributed by atoms with Crippen LogP contribution in [0.2, 0.25) is 0 Å². The molecular formula is C21H30N4O3S2. The molecule has 1 aromatic heterocycles. The van der Waals surface area contributed by atoms with E-state index >= 15 is 0 Å². The molecule has 1 aromatic carbocycles. The number of amides is 1. The molecule has 0 spiro atoms. The zero-order valence-electron chi connectivity index (χ0n) is 17.8. The van der Waals surface area contributed by atoms with E-state index in [1.165, 1.54) is 4.31 Å². The number of nitrogens with one attached hydrogen (secondary N) is 1. The van der Waals surface area contributed by atoms with Gasteiger partial charge in [0.25, 0.3) is 0 Å². The van der Waals surface area contributed by atoms with Gasteiger partial charge >= 0.3 is 0 Å². The summed E-state index contributed by atoms with van der Waals surface area (Å²) in [6.07, 6.45) is 3.19. The van der Waals surface area contributed by atoms with E-state index in [0.29, 0.717) is 18.8 Å². The van der Waals surface area contributed by atoms with Gasteiger partial charge in [-0.05, 0) is 37.5 Å². The summed E-state index contributed by atoms with van der Waals surface area (Å²) in [6, 6.07) is 5.05. The third-order valence-electron chi connectivity index (χ3n) is 5.28. The third kappa shape index (κ3) is 5.01. The van der Waals surface area contributed by atoms with Crippen LogP contribution < -0.4 is 10.2 Å². The zero-order chi connectivity index (χ0) is 21.7. The molecule has 0 atom stereocenters. The Balaban J connectivity index is 1.89. The van der Waals surface area contributed by atoms with Crippen LogP contribution in [-0.4, -0.2) is 49.8 Å². The Morgan fingerprint density at radius 1 is 1.20 bits per heavy atom. The summed E-state index contributed by atoms with van der Waals surface area (Å²) < 4.78 is 27.4. The van der Waals surface area contributed by atoms with Gasteiger partial charge in [-0.3, -0.25) is 4.79 Å². The van der Waals surface area contributed by atoms with Gasteiger partial charge in [-0.2, -0.15) is 4.31 Å². The maximum absolute atomic E-state index is 13.0. The molecule has 1 saturated heterocycles. The predicted octanol–water partition coefficient (Wildman–Crippen LogP) is 3.52. The fraction of sp³-hybridized carbons (Fsp3) is 0.524. The van der Waals surface area contributed by atoms with Crippen molar-refractivity contribution in [3.63, 3.8) is 0 Å². The van der Waals surface area contributed by atoms with Crippen LogP contribution in [0.5, 0.6) is 0 Å². The van der Waals surface area contributed by atoms with Gasteiger partial charge in [0.15, 0.2) is 0 Å². The number of anilines is 2. The highest BCUT2D eigenvalue weighted by Gasteiger charge is 2.25. The van der Waals surface area contributed by atoms with Crippen LogP contribution in [-0.2, 0) is 27.7 Å². The summed E-state index contributed by atoms with van der Waals surface area (Å²) in [7, 11) is -3.61. The number of carbonyl (C=O) groups excluding carboxylic acids is 1. The molecule has 0 saturated carbocycles. The van der Waals surface area contributed by atoms with E-state index < -0.39 is 10.0 Å². The molecule has 0 unspecified atom stereocenters. The molecule has 3 rings (SSSR count). The highest BCUT2D eigenvalue weighted by Crippen LogP contribution is 2.32. The third-order valence-corrected chi connectivity index (χ3v) is 8.36. The fourth-order valence-corrected chi connectivity index (χ4v) is 5.90. The molecule has 30 heavy (non-hydrogen) atoms. The van der Waals surface area contributed by atoms with Crippen LogP contribution in [0, 0.1) is 0 Å². The van der Waals surface area contributed by atoms with E-state index in [2.05, 4.69) is 15.2 Å². The normalized spacial score (nSPS) is 14.5. The minimum absolute atomic E-state index is 0.170. The van der Waals surface area contributed by atoms with Gasteiger partial charge in [0.1, 0.15) is 0 Å². The summed E-state index contributed by atoms with van der Waals surface area (Å²) in [5, 5.41) is 5.86. The van der Waals surface area contributed by atoms with Crippen molar-refractivity contribution in [2.24, 2.45) is 0 Å². The second-order valence-electron chi connectivity index (χ2n) is 7.27. The van der Waals surface area contributed by atoms with Crippen LogP contribution >= 0.6 is 11.3 Å². The molecule has 1 fully saturated rings. The average molecular weight is 451 g/mol. The number of carbonyl (C=O) groups is 1. The first kappa shape index (κ1) is 22.7. The van der Waals surface area contributed by atoms with Crippen LogP contribution in [0.4, 0.5) is 11.4 Å². The molecule has 9 heteroatoms. The van der Waals surface area contributed by atoms with Crippen LogP contribution in [0.15, 0.2) is 28.5 Å². The van der Waals surface area contributed by atoms with Crippen molar-refractivity contribution < 1.29 is 13.2 Å². The summed E-state index contributed by atoms with van der Waals surface area (Å²) in [6.45, 7) is 8.28. The molecule has 2 aromatic rings. The van der Waals surface area contributed by atoms with Crippen molar-refractivity contribution in [2.75, 3.05) is 36.4 Å². The Bertz CT molecular complexity index is 978. The molecule has 1 aliphatic rings. The molecular weight excluding hydrogens is 420 g/mol. The van der Waals surface area contributed by atoms with Gasteiger partial charge in [-0.1, -0.05) is 20.8 Å². The number of aryl methyl sites for hydroxylation is 1. The van der Waals surface area contributed by atoms with Gasteiger partial charge in [-0.15, -0.1) is 11.3 Å². The quantitative estimate of drug-likeness (QED) is 0.632. The van der Waals surface area contributed by atoms with Crippen molar-refractivity contribution in [3.8, 4) is 0 Å². The molecule has 2 heterocycles. The van der Waals surface area contributed by atoms with E-state index in [-0.39, 0.29) is 17.2 Å². The van der Waals surface area contributed by atoms with E-state index in [4.69, 9.17) is 0 Å². The molecule has 0 aliphatic carbocycles. The summed E-state index contributed by atoms with van der Waals surface area (Å²) in [4.78, 5) is 19.6. The largest absolute Gasteiger partial charge is 0.370 e. The van der Waals surface area contributed by atoms with Crippen molar-refractivity contribution in [2.45, 2.75) is 51.3 Å². The number of hydrogen-bond donors (Lipinski definition) is 1. The SMILES string of the molecule is CCc1nc(CC(=O)Nc2cc(S(=O)(=O)N(CC)CC)ccc2N2CCCC2)cs1. The molecule has 1 N–H and O–H groups in total. The highest BCUT2D eigenvalue weighted by molar-refractivity contribution is 7.89. The molecule has 0 bridgehead atoms. The predicted molar refractivity (Wildman–Crippen MR) is 122 cm³/mol. The Kier molecular flexibility index (Phi) is 7.49. The van der Waals surface area contributed by atoms with Gasteiger partial charge in [0, 0.05) is 31.6 Å². The Labute approximate surface area is 183 Å². The van der Waals surface area contributed by atoms with E-state index in [1.807, 2.05) is 32.2 Å². The number of benzene rings is 1. The van der Waals surface area contributed by atoms with Gasteiger partial charge in [0.2, 0.25) is 15.9 Å². The molecule has 7 nitrogen and oxygen atoms in total. The zero-order valence-corrected chi connectivity index (χ0v) is 19.5. The topological polar surface area (TPSA) is 82.6 Å². The van der Waals surface area contributed by atoms with Crippen molar-refractivity contribution in [1.29, 1.82) is 0 Å². The number of sulfonamides is 1. The van der Waals surface area contributed by atoms with Crippen LogP contribution in [0.3, 0.4) is 0 Å². The van der Waals surface area contributed by atoms with Gasteiger partial charge in [0.05, 0.1) is 33.4 Å². The lowest BCUT2D eigenvalue weighted by atomic mass is 10.2. The van der Waals surface area contributed by atoms with E-state index in [0.717, 1.165) is 48.7 Å². The summed E-state index contributed by atoms with van der Waals surface area (Å²) in [5.41, 5.74) is 2.15. The lowest BCUT2D eigenvalue weighted by Gasteiger charge is -2.24. The number of thiazole rings is 1.